The molecule has 1 N–H and O–H groups in total. The molecule has 2 aromatic carbocycles. The fraction of sp³-hybridized carbons (Fsp3) is 0. The summed E-state index contributed by atoms with van der Waals surface area (Å²) in [6.07, 6.45) is 0. The van der Waals surface area contributed by atoms with Crippen molar-refractivity contribution in [3.05, 3.63) is 57.0 Å². The highest BCUT2D eigenvalue weighted by Gasteiger charge is 2.13. The number of carbonyl (C=O) groups is 1. The molecule has 2 rings (SSSR count). The number of rotatable bonds is 2. The van der Waals surface area contributed by atoms with Crippen LogP contribution in [0, 0.1) is 0 Å². The Balaban J connectivity index is 2.62. The van der Waals surface area contributed by atoms with Gasteiger partial charge in [0.05, 0.1) is 5.56 Å². The largest absolute Gasteiger partial charge is 0.478 e. The van der Waals surface area contributed by atoms with E-state index in [1.165, 1.54) is 12.1 Å². The molecule has 92 valence electrons. The molecule has 2 nitrogen and oxygen atoms in total. The molecule has 0 heterocycles. The van der Waals surface area contributed by atoms with Crippen LogP contribution in [0.25, 0.3) is 11.1 Å². The minimum atomic E-state index is -1.03. The molecule has 0 saturated heterocycles. The second-order valence-corrected chi connectivity index (χ2v) is 4.82. The van der Waals surface area contributed by atoms with Crippen LogP contribution in [0.3, 0.4) is 0 Å². The zero-order chi connectivity index (χ0) is 13.3. The Labute approximate surface area is 119 Å². The summed E-state index contributed by atoms with van der Waals surface area (Å²) in [5.74, 6) is -1.03. The quantitative estimate of drug-likeness (QED) is 0.846. The van der Waals surface area contributed by atoms with E-state index in [1.807, 2.05) is 0 Å². The van der Waals surface area contributed by atoms with Gasteiger partial charge in [-0.3, -0.25) is 0 Å². The summed E-state index contributed by atoms with van der Waals surface area (Å²) in [4.78, 5) is 10.8. The van der Waals surface area contributed by atoms with E-state index in [2.05, 4.69) is 0 Å². The van der Waals surface area contributed by atoms with Crippen LogP contribution < -0.4 is 0 Å². The van der Waals surface area contributed by atoms with E-state index in [4.69, 9.17) is 39.9 Å². The highest BCUT2D eigenvalue weighted by molar-refractivity contribution is 6.41. The molecular weight excluding hydrogens is 294 g/mol. The van der Waals surface area contributed by atoms with Crippen molar-refractivity contribution in [3.63, 3.8) is 0 Å². The monoisotopic (exact) mass is 300 g/mol. The van der Waals surface area contributed by atoms with Crippen molar-refractivity contribution in [1.29, 1.82) is 0 Å². The molecule has 0 bridgehead atoms. The van der Waals surface area contributed by atoms with Crippen molar-refractivity contribution < 1.29 is 9.90 Å². The summed E-state index contributed by atoms with van der Waals surface area (Å²) in [6, 6.07) is 9.56. The first-order valence-electron chi connectivity index (χ1n) is 4.98. The Morgan fingerprint density at radius 3 is 2.06 bits per heavy atom. The van der Waals surface area contributed by atoms with Gasteiger partial charge in [0.2, 0.25) is 0 Å². The van der Waals surface area contributed by atoms with Crippen molar-refractivity contribution in [2.75, 3.05) is 0 Å². The van der Waals surface area contributed by atoms with E-state index in [9.17, 15) is 4.79 Å². The molecule has 0 aliphatic rings. The van der Waals surface area contributed by atoms with Crippen LogP contribution in [0.1, 0.15) is 10.4 Å². The predicted octanol–water partition coefficient (Wildman–Crippen LogP) is 5.01. The average molecular weight is 302 g/mol. The Bertz CT molecular complexity index is 603. The lowest BCUT2D eigenvalue weighted by Gasteiger charge is -2.09. The maximum atomic E-state index is 10.8. The first-order chi connectivity index (χ1) is 8.50. The van der Waals surface area contributed by atoms with Gasteiger partial charge in [0.15, 0.2) is 0 Å². The van der Waals surface area contributed by atoms with Crippen LogP contribution in [-0.4, -0.2) is 11.1 Å². The molecule has 0 amide bonds. The molecule has 0 aromatic heterocycles. The minimum absolute atomic E-state index is 0.118. The first-order valence-corrected chi connectivity index (χ1v) is 6.11. The molecule has 0 atom stereocenters. The maximum absolute atomic E-state index is 10.8. The van der Waals surface area contributed by atoms with Crippen molar-refractivity contribution >= 4 is 40.8 Å². The van der Waals surface area contributed by atoms with Crippen molar-refractivity contribution in [2.24, 2.45) is 0 Å². The maximum Gasteiger partial charge on any atom is 0.335 e. The van der Waals surface area contributed by atoms with E-state index >= 15 is 0 Å². The number of aromatic carboxylic acids is 1. The summed E-state index contributed by atoms with van der Waals surface area (Å²) >= 11 is 18.2. The molecule has 0 spiro atoms. The lowest BCUT2D eigenvalue weighted by molar-refractivity contribution is 0.0697. The predicted molar refractivity (Wildman–Crippen MR) is 73.9 cm³/mol. The van der Waals surface area contributed by atoms with E-state index in [1.54, 1.807) is 24.3 Å². The van der Waals surface area contributed by atoms with E-state index in [-0.39, 0.29) is 5.56 Å². The number of halogens is 3. The van der Waals surface area contributed by atoms with E-state index in [0.29, 0.717) is 26.2 Å². The van der Waals surface area contributed by atoms with E-state index < -0.39 is 5.97 Å². The van der Waals surface area contributed by atoms with Gasteiger partial charge in [0.25, 0.3) is 0 Å². The van der Waals surface area contributed by atoms with Crippen molar-refractivity contribution in [2.45, 2.75) is 0 Å². The molecule has 0 unspecified atom stereocenters. The number of hydrogen-bond donors (Lipinski definition) is 1. The molecule has 5 heteroatoms. The Hall–Kier alpha value is -1.22. The van der Waals surface area contributed by atoms with Crippen LogP contribution in [0.15, 0.2) is 36.4 Å². The van der Waals surface area contributed by atoms with Gasteiger partial charge >= 0.3 is 5.97 Å². The molecule has 2 aromatic rings. The van der Waals surface area contributed by atoms with Gasteiger partial charge in [-0.2, -0.15) is 0 Å². The van der Waals surface area contributed by atoms with Gasteiger partial charge in [-0.25, -0.2) is 4.79 Å². The van der Waals surface area contributed by atoms with Gasteiger partial charge in [-0.05, 0) is 24.3 Å². The summed E-state index contributed by atoms with van der Waals surface area (Å²) in [7, 11) is 0. The zero-order valence-electron chi connectivity index (χ0n) is 8.95. The number of carboxylic acids is 1. The summed E-state index contributed by atoms with van der Waals surface area (Å²) < 4.78 is 0. The Morgan fingerprint density at radius 1 is 0.944 bits per heavy atom. The minimum Gasteiger partial charge on any atom is -0.478 e. The normalized spacial score (nSPS) is 10.4. The smallest absolute Gasteiger partial charge is 0.335 e. The second-order valence-electron chi connectivity index (χ2n) is 3.60. The summed E-state index contributed by atoms with van der Waals surface area (Å²) in [5, 5.41) is 10.1. The SMILES string of the molecule is O=C(O)c1ccc(-c2c(Cl)cccc2Cl)c(Cl)c1. The number of hydrogen-bond acceptors (Lipinski definition) is 1. The topological polar surface area (TPSA) is 37.3 Å². The van der Waals surface area contributed by atoms with Gasteiger partial charge in [0, 0.05) is 26.2 Å². The summed E-state index contributed by atoms with van der Waals surface area (Å²) in [5.41, 5.74) is 1.33. The lowest BCUT2D eigenvalue weighted by Crippen LogP contribution is -1.96. The van der Waals surface area contributed by atoms with Crippen molar-refractivity contribution in [3.8, 4) is 11.1 Å². The Morgan fingerprint density at radius 2 is 1.56 bits per heavy atom. The molecular formula is C13H7Cl3O2. The average Bonchev–Trinajstić information content (AvgIpc) is 2.30. The molecule has 18 heavy (non-hydrogen) atoms. The molecule has 0 saturated carbocycles. The summed E-state index contributed by atoms with van der Waals surface area (Å²) in [6.45, 7) is 0. The van der Waals surface area contributed by atoms with E-state index in [0.717, 1.165) is 0 Å². The Kier molecular flexibility index (Phi) is 3.81. The lowest BCUT2D eigenvalue weighted by atomic mass is 10.0. The van der Waals surface area contributed by atoms with Crippen LogP contribution in [-0.2, 0) is 0 Å². The molecule has 0 radical (unpaired) electrons. The number of benzene rings is 2. The first kappa shape index (κ1) is 13.2. The molecule has 0 aliphatic heterocycles. The van der Waals surface area contributed by atoms with Crippen LogP contribution in [0.4, 0.5) is 0 Å². The highest BCUT2D eigenvalue weighted by atomic mass is 35.5. The standard InChI is InChI=1S/C13H7Cl3O2/c14-9-2-1-3-10(15)12(9)8-5-4-7(13(17)18)6-11(8)16/h1-6H,(H,17,18). The molecule has 0 aliphatic carbocycles. The van der Waals surface area contributed by atoms with Crippen LogP contribution >= 0.6 is 34.8 Å². The zero-order valence-corrected chi connectivity index (χ0v) is 11.2. The highest BCUT2D eigenvalue weighted by Crippen LogP contribution is 2.38. The van der Waals surface area contributed by atoms with Gasteiger partial charge in [-0.1, -0.05) is 46.9 Å². The van der Waals surface area contributed by atoms with Crippen LogP contribution in [0.5, 0.6) is 0 Å². The fourth-order valence-corrected chi connectivity index (χ4v) is 2.48. The van der Waals surface area contributed by atoms with Crippen molar-refractivity contribution in [1.82, 2.24) is 0 Å². The van der Waals surface area contributed by atoms with Crippen LogP contribution in [0.2, 0.25) is 15.1 Å². The fourth-order valence-electron chi connectivity index (χ4n) is 1.61. The molecule has 0 fully saturated rings. The van der Waals surface area contributed by atoms with Gasteiger partial charge in [0.1, 0.15) is 0 Å². The van der Waals surface area contributed by atoms with Gasteiger partial charge < -0.3 is 5.11 Å². The third-order valence-corrected chi connectivity index (χ3v) is 3.39. The second kappa shape index (κ2) is 5.19. The third kappa shape index (κ3) is 2.46. The third-order valence-electron chi connectivity index (χ3n) is 2.45. The number of carboxylic acid groups (broad SMARTS) is 1. The van der Waals surface area contributed by atoms with Gasteiger partial charge in [-0.15, -0.1) is 0 Å².